The number of hydrogen-bond donors (Lipinski definition) is 0. The van der Waals surface area contributed by atoms with Gasteiger partial charge in [0.1, 0.15) is 18.1 Å². The van der Waals surface area contributed by atoms with Crippen LogP contribution in [0.3, 0.4) is 0 Å². The van der Waals surface area contributed by atoms with Crippen molar-refractivity contribution in [2.24, 2.45) is 4.99 Å². The molecule has 2 aromatic carbocycles. The summed E-state index contributed by atoms with van der Waals surface area (Å²) in [6.45, 7) is 14.8. The van der Waals surface area contributed by atoms with Gasteiger partial charge in [-0.05, 0) is 93.5 Å². The van der Waals surface area contributed by atoms with E-state index in [4.69, 9.17) is 30.8 Å². The summed E-state index contributed by atoms with van der Waals surface area (Å²) < 4.78 is 19.1. The molecule has 0 fully saturated rings. The van der Waals surface area contributed by atoms with Crippen molar-refractivity contribution in [3.8, 4) is 11.5 Å². The summed E-state index contributed by atoms with van der Waals surface area (Å²) in [5.41, 5.74) is 11.7. The number of halogens is 1. The van der Waals surface area contributed by atoms with Crippen LogP contribution < -0.4 is 9.47 Å². The number of allylic oxidation sites excluding steroid dienone is 6. The summed E-state index contributed by atoms with van der Waals surface area (Å²) in [5, 5.41) is 0.879. The molecule has 0 saturated carbocycles. The van der Waals surface area contributed by atoms with Gasteiger partial charge in [0.05, 0.1) is 25.3 Å². The van der Waals surface area contributed by atoms with Gasteiger partial charge in [-0.1, -0.05) is 37.6 Å². The zero-order valence-electron chi connectivity index (χ0n) is 27.3. The van der Waals surface area contributed by atoms with Crippen LogP contribution in [0.4, 0.5) is 11.4 Å². The Labute approximate surface area is 262 Å². The number of benzene rings is 2. The molecule has 6 heteroatoms. The lowest BCUT2D eigenvalue weighted by Gasteiger charge is -2.23. The molecule has 0 atom stereocenters. The molecule has 1 aliphatic carbocycles. The number of nitrogens with zero attached hydrogens (tertiary/aromatic N) is 2. The van der Waals surface area contributed by atoms with Gasteiger partial charge < -0.3 is 14.2 Å². The topological polar surface area (TPSA) is 43.1 Å². The van der Waals surface area contributed by atoms with Gasteiger partial charge in [0, 0.05) is 46.9 Å². The summed E-state index contributed by atoms with van der Waals surface area (Å²) >= 11 is 7.13. The molecule has 2 aliphatic heterocycles. The van der Waals surface area contributed by atoms with E-state index in [2.05, 4.69) is 88.6 Å². The molecule has 0 aromatic heterocycles. The van der Waals surface area contributed by atoms with E-state index in [-0.39, 0.29) is 10.8 Å². The Hall–Kier alpha value is -3.15. The second kappa shape index (κ2) is 12.1. The van der Waals surface area contributed by atoms with Crippen molar-refractivity contribution in [3.05, 3.63) is 80.9 Å². The average Bonchev–Trinajstić information content (AvgIpc) is 3.36. The van der Waals surface area contributed by atoms with Crippen molar-refractivity contribution in [2.75, 3.05) is 34.5 Å². The SMILES string of the molecule is COCC[N+]1=C(C=CC2=C(Cl)C(=CCC3=Nc4c(C)cc(OC)cc4C3(C)C)CCC2)C(C)(C)c2cc(OC)cc(C)c21. The Balaban J connectivity index is 1.45. The average molecular weight is 602 g/mol. The Morgan fingerprint density at radius 2 is 1.56 bits per heavy atom. The Bertz CT molecular complexity index is 1600. The fraction of sp³-hybridized carbons (Fsp3) is 0.459. The van der Waals surface area contributed by atoms with Crippen LogP contribution in [0.15, 0.2) is 63.7 Å². The number of rotatable bonds is 9. The van der Waals surface area contributed by atoms with E-state index in [1.807, 2.05) is 0 Å². The van der Waals surface area contributed by atoms with Gasteiger partial charge in [0.15, 0.2) is 12.3 Å². The van der Waals surface area contributed by atoms with Gasteiger partial charge in [-0.25, -0.2) is 0 Å². The molecule has 43 heavy (non-hydrogen) atoms. The summed E-state index contributed by atoms with van der Waals surface area (Å²) in [4.78, 5) is 5.10. The van der Waals surface area contributed by atoms with Gasteiger partial charge in [0.25, 0.3) is 0 Å². The second-order valence-electron chi connectivity index (χ2n) is 13.0. The predicted octanol–water partition coefficient (Wildman–Crippen LogP) is 8.96. The number of methoxy groups -OCH3 is 3. The standard InChI is InChI=1S/C37H46ClN2O3/c1-23-19-27(42-8)21-29-34(23)39-31(36(29,3)4)15-13-25-11-10-12-26(33(25)38)14-16-32-37(5,6)30-22-28(43-9)20-24(2)35(30)40(32)17-18-41-7/h13-14,16,19-22H,10-12,15,17-18H2,1-9H3/q+1. The van der Waals surface area contributed by atoms with Crippen LogP contribution in [-0.4, -0.2) is 50.5 Å². The first kappa shape index (κ1) is 31.3. The number of aliphatic imine (C=N–C) groups is 1. The van der Waals surface area contributed by atoms with Crippen LogP contribution in [0.2, 0.25) is 0 Å². The molecule has 0 bridgehead atoms. The van der Waals surface area contributed by atoms with Crippen molar-refractivity contribution >= 4 is 34.4 Å². The molecule has 228 valence electrons. The first-order chi connectivity index (χ1) is 20.4. The van der Waals surface area contributed by atoms with Gasteiger partial charge in [-0.3, -0.25) is 4.99 Å². The Morgan fingerprint density at radius 1 is 0.884 bits per heavy atom. The zero-order chi connectivity index (χ0) is 31.1. The predicted molar refractivity (Wildman–Crippen MR) is 179 cm³/mol. The highest BCUT2D eigenvalue weighted by Gasteiger charge is 2.45. The first-order valence-corrected chi connectivity index (χ1v) is 15.7. The third kappa shape index (κ3) is 5.62. The lowest BCUT2D eigenvalue weighted by molar-refractivity contribution is -0.442. The van der Waals surface area contributed by atoms with Crippen LogP contribution in [-0.2, 0) is 15.6 Å². The monoisotopic (exact) mass is 601 g/mol. The molecule has 5 rings (SSSR count). The number of fused-ring (bicyclic) bond motifs is 2. The minimum Gasteiger partial charge on any atom is -0.497 e. The highest BCUT2D eigenvalue weighted by molar-refractivity contribution is 6.32. The lowest BCUT2D eigenvalue weighted by atomic mass is 9.79. The minimum absolute atomic E-state index is 0.161. The molecule has 0 unspecified atom stereocenters. The molecule has 0 N–H and O–H groups in total. The second-order valence-corrected chi connectivity index (χ2v) is 13.4. The minimum atomic E-state index is -0.193. The van der Waals surface area contributed by atoms with Crippen LogP contribution in [0.25, 0.3) is 0 Å². The number of aryl methyl sites for hydroxylation is 2. The normalized spacial score (nSPS) is 19.8. The molecule has 0 amide bonds. The van der Waals surface area contributed by atoms with Gasteiger partial charge in [0.2, 0.25) is 5.69 Å². The van der Waals surface area contributed by atoms with Gasteiger partial charge in [-0.15, -0.1) is 0 Å². The van der Waals surface area contributed by atoms with Gasteiger partial charge >= 0.3 is 0 Å². The molecule has 3 aliphatic rings. The number of hydrogen-bond acceptors (Lipinski definition) is 4. The van der Waals surface area contributed by atoms with Crippen LogP contribution in [0.5, 0.6) is 11.5 Å². The van der Waals surface area contributed by atoms with E-state index < -0.39 is 0 Å². The largest absolute Gasteiger partial charge is 0.497 e. The third-order valence-electron chi connectivity index (χ3n) is 9.49. The first-order valence-electron chi connectivity index (χ1n) is 15.3. The van der Waals surface area contributed by atoms with E-state index in [0.29, 0.717) is 6.61 Å². The molecular weight excluding hydrogens is 556 g/mol. The highest BCUT2D eigenvalue weighted by Crippen LogP contribution is 2.46. The lowest BCUT2D eigenvalue weighted by Crippen LogP contribution is -2.28. The van der Waals surface area contributed by atoms with E-state index in [9.17, 15) is 0 Å². The van der Waals surface area contributed by atoms with Crippen LogP contribution >= 0.6 is 11.6 Å². The van der Waals surface area contributed by atoms with E-state index in [1.54, 1.807) is 21.3 Å². The Kier molecular flexibility index (Phi) is 8.79. The van der Waals surface area contributed by atoms with Crippen LogP contribution in [0.1, 0.15) is 75.6 Å². The molecule has 0 radical (unpaired) electrons. The number of ether oxygens (including phenoxy) is 3. The van der Waals surface area contributed by atoms with Gasteiger partial charge in [-0.2, -0.15) is 4.58 Å². The van der Waals surface area contributed by atoms with Crippen LogP contribution in [0, 0.1) is 13.8 Å². The van der Waals surface area contributed by atoms with Crippen molar-refractivity contribution in [1.29, 1.82) is 0 Å². The molecule has 2 aromatic rings. The van der Waals surface area contributed by atoms with Crippen molar-refractivity contribution in [3.63, 3.8) is 0 Å². The van der Waals surface area contributed by atoms with E-state index in [0.717, 1.165) is 60.0 Å². The zero-order valence-corrected chi connectivity index (χ0v) is 28.0. The van der Waals surface area contributed by atoms with E-state index >= 15 is 0 Å². The van der Waals surface area contributed by atoms with Crippen molar-refractivity contribution in [2.45, 2.75) is 78.1 Å². The quantitative estimate of drug-likeness (QED) is 0.269. The maximum Gasteiger partial charge on any atom is 0.213 e. The molecule has 5 nitrogen and oxygen atoms in total. The smallest absolute Gasteiger partial charge is 0.213 e. The fourth-order valence-electron chi connectivity index (χ4n) is 6.87. The van der Waals surface area contributed by atoms with Crippen molar-refractivity contribution < 1.29 is 18.8 Å². The summed E-state index contributed by atoms with van der Waals surface area (Å²) in [6, 6.07) is 8.50. The molecule has 0 spiro atoms. The molecule has 0 saturated heterocycles. The molecule has 2 heterocycles. The highest BCUT2D eigenvalue weighted by atomic mass is 35.5. The molecular formula is C37H46ClN2O3+. The van der Waals surface area contributed by atoms with Crippen molar-refractivity contribution in [1.82, 2.24) is 0 Å². The Morgan fingerprint density at radius 3 is 2.23 bits per heavy atom. The maximum absolute atomic E-state index is 7.13. The summed E-state index contributed by atoms with van der Waals surface area (Å²) in [5.74, 6) is 1.77. The summed E-state index contributed by atoms with van der Waals surface area (Å²) in [7, 11) is 5.21. The summed E-state index contributed by atoms with van der Waals surface area (Å²) in [6.07, 6.45) is 10.6. The van der Waals surface area contributed by atoms with E-state index in [1.165, 1.54) is 44.9 Å². The maximum atomic E-state index is 7.13. The third-order valence-corrected chi connectivity index (χ3v) is 9.98. The fourth-order valence-corrected chi connectivity index (χ4v) is 7.20.